The maximum atomic E-state index is 11.2. The standard InChI is InChI=1S/C14H20N6O2S/c1-10(2)18-13-9-17-20-14(19-13)16-8-7-11-3-5-12(6-4-11)23(15,21)22/h3-6,9-10H,7-8H2,1-2H3,(H2,15,21,22)(H2,16,18,19,20). The van der Waals surface area contributed by atoms with Gasteiger partial charge in [0.15, 0.2) is 5.82 Å². The number of sulfonamides is 1. The number of hydrogen-bond acceptors (Lipinski definition) is 7. The first kappa shape index (κ1) is 17.1. The molecule has 0 saturated heterocycles. The molecule has 1 aromatic heterocycles. The van der Waals surface area contributed by atoms with Crippen LogP contribution in [0.15, 0.2) is 35.4 Å². The summed E-state index contributed by atoms with van der Waals surface area (Å²) in [6.07, 6.45) is 2.26. The molecule has 124 valence electrons. The van der Waals surface area contributed by atoms with E-state index in [1.807, 2.05) is 13.8 Å². The Morgan fingerprint density at radius 1 is 1.22 bits per heavy atom. The summed E-state index contributed by atoms with van der Waals surface area (Å²) in [5.74, 6) is 1.10. The third-order valence-corrected chi connectivity index (χ3v) is 3.87. The molecule has 23 heavy (non-hydrogen) atoms. The Hall–Kier alpha value is -2.26. The molecule has 8 nitrogen and oxygen atoms in total. The van der Waals surface area contributed by atoms with Crippen LogP contribution in [0.5, 0.6) is 0 Å². The minimum Gasteiger partial charge on any atom is -0.366 e. The molecule has 0 aliphatic heterocycles. The van der Waals surface area contributed by atoms with E-state index in [-0.39, 0.29) is 10.9 Å². The van der Waals surface area contributed by atoms with E-state index in [0.29, 0.717) is 24.7 Å². The molecule has 0 atom stereocenters. The number of nitrogens with two attached hydrogens (primary N) is 1. The van der Waals surface area contributed by atoms with Gasteiger partial charge >= 0.3 is 0 Å². The topological polar surface area (TPSA) is 123 Å². The van der Waals surface area contributed by atoms with E-state index in [4.69, 9.17) is 5.14 Å². The molecule has 0 unspecified atom stereocenters. The third-order valence-electron chi connectivity index (χ3n) is 2.94. The highest BCUT2D eigenvalue weighted by atomic mass is 32.2. The van der Waals surface area contributed by atoms with Crippen LogP contribution >= 0.6 is 0 Å². The average Bonchev–Trinajstić information content (AvgIpc) is 2.46. The first-order chi connectivity index (χ1) is 10.8. The summed E-state index contributed by atoms with van der Waals surface area (Å²) in [7, 11) is -3.65. The molecule has 0 saturated carbocycles. The molecule has 0 aliphatic rings. The lowest BCUT2D eigenvalue weighted by Crippen LogP contribution is -2.14. The van der Waals surface area contributed by atoms with Gasteiger partial charge in [0.05, 0.1) is 11.1 Å². The van der Waals surface area contributed by atoms with Gasteiger partial charge in [0.1, 0.15) is 0 Å². The van der Waals surface area contributed by atoms with Gasteiger partial charge in [-0.05, 0) is 38.0 Å². The Morgan fingerprint density at radius 2 is 1.91 bits per heavy atom. The summed E-state index contributed by atoms with van der Waals surface area (Å²) >= 11 is 0. The van der Waals surface area contributed by atoms with E-state index < -0.39 is 10.0 Å². The van der Waals surface area contributed by atoms with Crippen LogP contribution in [0.2, 0.25) is 0 Å². The largest absolute Gasteiger partial charge is 0.366 e. The molecular weight excluding hydrogens is 316 g/mol. The van der Waals surface area contributed by atoms with Gasteiger partial charge in [-0.25, -0.2) is 13.6 Å². The SMILES string of the molecule is CC(C)Nc1cnnc(NCCc2ccc(S(N)(=O)=O)cc2)n1. The van der Waals surface area contributed by atoms with Gasteiger partial charge in [-0.3, -0.25) is 0 Å². The number of anilines is 2. The minimum absolute atomic E-state index is 0.106. The van der Waals surface area contributed by atoms with Gasteiger partial charge in [0, 0.05) is 12.6 Å². The zero-order valence-electron chi connectivity index (χ0n) is 13.0. The zero-order chi connectivity index (χ0) is 16.9. The van der Waals surface area contributed by atoms with Crippen LogP contribution in [-0.2, 0) is 16.4 Å². The molecule has 1 heterocycles. The van der Waals surface area contributed by atoms with E-state index in [2.05, 4.69) is 25.8 Å². The first-order valence-corrected chi connectivity index (χ1v) is 8.71. The second kappa shape index (κ2) is 7.34. The van der Waals surface area contributed by atoms with E-state index >= 15 is 0 Å². The van der Waals surface area contributed by atoms with Crippen molar-refractivity contribution in [3.8, 4) is 0 Å². The van der Waals surface area contributed by atoms with Crippen LogP contribution in [0.25, 0.3) is 0 Å². The molecule has 4 N–H and O–H groups in total. The molecule has 2 rings (SSSR count). The molecule has 9 heteroatoms. The average molecular weight is 336 g/mol. The van der Waals surface area contributed by atoms with Crippen LogP contribution in [0.1, 0.15) is 19.4 Å². The lowest BCUT2D eigenvalue weighted by molar-refractivity contribution is 0.598. The molecule has 1 aromatic carbocycles. The van der Waals surface area contributed by atoms with Gasteiger partial charge in [-0.2, -0.15) is 10.1 Å². The summed E-state index contributed by atoms with van der Waals surface area (Å²) in [6.45, 7) is 4.63. The molecule has 0 radical (unpaired) electrons. The number of rotatable bonds is 7. The summed E-state index contributed by atoms with van der Waals surface area (Å²) in [5, 5.41) is 19.1. The van der Waals surface area contributed by atoms with Crippen LogP contribution < -0.4 is 15.8 Å². The first-order valence-electron chi connectivity index (χ1n) is 7.16. The Bertz CT molecular complexity index is 746. The van der Waals surface area contributed by atoms with E-state index in [0.717, 1.165) is 5.56 Å². The second-order valence-corrected chi connectivity index (χ2v) is 6.89. The second-order valence-electron chi connectivity index (χ2n) is 5.33. The van der Waals surface area contributed by atoms with Crippen molar-refractivity contribution in [1.29, 1.82) is 0 Å². The fourth-order valence-electron chi connectivity index (χ4n) is 1.91. The monoisotopic (exact) mass is 336 g/mol. The Kier molecular flexibility index (Phi) is 5.45. The van der Waals surface area contributed by atoms with Gasteiger partial charge in [-0.15, -0.1) is 5.10 Å². The van der Waals surface area contributed by atoms with Crippen LogP contribution in [0.4, 0.5) is 11.8 Å². The van der Waals surface area contributed by atoms with Gasteiger partial charge < -0.3 is 10.6 Å². The summed E-state index contributed by atoms with van der Waals surface area (Å²) < 4.78 is 22.4. The fourth-order valence-corrected chi connectivity index (χ4v) is 2.42. The highest BCUT2D eigenvalue weighted by Crippen LogP contribution is 2.10. The molecule has 0 fully saturated rings. The van der Waals surface area contributed by atoms with Crippen molar-refractivity contribution in [3.63, 3.8) is 0 Å². The lowest BCUT2D eigenvalue weighted by atomic mass is 10.1. The van der Waals surface area contributed by atoms with Crippen molar-refractivity contribution in [2.45, 2.75) is 31.2 Å². The number of primary sulfonamides is 1. The van der Waals surface area contributed by atoms with Crippen LogP contribution in [-0.4, -0.2) is 36.2 Å². The Labute approximate surface area is 135 Å². The Balaban J connectivity index is 1.90. The van der Waals surface area contributed by atoms with Crippen LogP contribution in [0, 0.1) is 0 Å². The normalized spacial score (nSPS) is 11.5. The van der Waals surface area contributed by atoms with Crippen molar-refractivity contribution < 1.29 is 8.42 Å². The minimum atomic E-state index is -3.65. The van der Waals surface area contributed by atoms with E-state index in [1.54, 1.807) is 18.3 Å². The molecule has 0 aliphatic carbocycles. The summed E-state index contributed by atoms with van der Waals surface area (Å²) in [6, 6.07) is 6.72. The van der Waals surface area contributed by atoms with Crippen molar-refractivity contribution in [3.05, 3.63) is 36.0 Å². The van der Waals surface area contributed by atoms with E-state index in [1.165, 1.54) is 12.1 Å². The predicted molar refractivity (Wildman–Crippen MR) is 88.6 cm³/mol. The zero-order valence-corrected chi connectivity index (χ0v) is 13.8. The third kappa shape index (κ3) is 5.46. The summed E-state index contributed by atoms with van der Waals surface area (Å²) in [5.41, 5.74) is 0.981. The highest BCUT2D eigenvalue weighted by Gasteiger charge is 2.07. The van der Waals surface area contributed by atoms with Crippen molar-refractivity contribution in [2.24, 2.45) is 5.14 Å². The smallest absolute Gasteiger partial charge is 0.244 e. The Morgan fingerprint density at radius 3 is 2.52 bits per heavy atom. The van der Waals surface area contributed by atoms with Gasteiger partial charge in [0.25, 0.3) is 0 Å². The predicted octanol–water partition coefficient (Wildman–Crippen LogP) is 0.994. The maximum absolute atomic E-state index is 11.2. The molecular formula is C14H20N6O2S. The van der Waals surface area contributed by atoms with E-state index in [9.17, 15) is 8.42 Å². The van der Waals surface area contributed by atoms with Crippen molar-refractivity contribution >= 4 is 21.8 Å². The van der Waals surface area contributed by atoms with Crippen molar-refractivity contribution in [1.82, 2.24) is 15.2 Å². The maximum Gasteiger partial charge on any atom is 0.244 e. The van der Waals surface area contributed by atoms with Gasteiger partial charge in [-0.1, -0.05) is 12.1 Å². The molecule has 0 bridgehead atoms. The number of nitrogens with one attached hydrogen (secondary N) is 2. The fraction of sp³-hybridized carbons (Fsp3) is 0.357. The number of hydrogen-bond donors (Lipinski definition) is 3. The molecule has 0 spiro atoms. The molecule has 2 aromatic rings. The highest BCUT2D eigenvalue weighted by molar-refractivity contribution is 7.89. The van der Waals surface area contributed by atoms with Gasteiger partial charge in [0.2, 0.25) is 16.0 Å². The number of benzene rings is 1. The molecule has 0 amide bonds. The van der Waals surface area contributed by atoms with Crippen LogP contribution in [0.3, 0.4) is 0 Å². The number of nitrogens with zero attached hydrogens (tertiary/aromatic N) is 3. The number of aromatic nitrogens is 3. The lowest BCUT2D eigenvalue weighted by Gasteiger charge is -2.09. The van der Waals surface area contributed by atoms with Crippen molar-refractivity contribution in [2.75, 3.05) is 17.2 Å². The quantitative estimate of drug-likeness (QED) is 0.689. The summed E-state index contributed by atoms with van der Waals surface area (Å²) in [4.78, 5) is 4.40.